The molecule has 0 unspecified atom stereocenters. The summed E-state index contributed by atoms with van der Waals surface area (Å²) < 4.78 is 26.0. The molecule has 1 aliphatic carbocycles. The Hall–Kier alpha value is -1.44. The summed E-state index contributed by atoms with van der Waals surface area (Å²) in [6.45, 7) is 0.215. The minimum Gasteiger partial charge on any atom is -0.352 e. The van der Waals surface area contributed by atoms with Crippen LogP contribution in [0.3, 0.4) is 0 Å². The molecular formula is C13H19N3O3S. The van der Waals surface area contributed by atoms with E-state index in [-0.39, 0.29) is 24.2 Å². The van der Waals surface area contributed by atoms with Crippen molar-refractivity contribution in [3.05, 3.63) is 35.4 Å². The molecule has 20 heavy (non-hydrogen) atoms. The van der Waals surface area contributed by atoms with Gasteiger partial charge in [-0.1, -0.05) is 24.3 Å². The Morgan fingerprint density at radius 2 is 1.80 bits per heavy atom. The fourth-order valence-corrected chi connectivity index (χ4v) is 2.81. The zero-order valence-corrected chi connectivity index (χ0v) is 11.9. The number of nitrogens with two attached hydrogens (primary N) is 1. The number of amides is 1. The summed E-state index contributed by atoms with van der Waals surface area (Å²) in [6, 6.07) is 7.28. The Morgan fingerprint density at radius 3 is 2.35 bits per heavy atom. The van der Waals surface area contributed by atoms with Crippen molar-refractivity contribution in [2.75, 3.05) is 6.54 Å². The highest BCUT2D eigenvalue weighted by atomic mass is 32.2. The van der Waals surface area contributed by atoms with Crippen LogP contribution in [0.1, 0.15) is 24.0 Å². The van der Waals surface area contributed by atoms with Crippen LogP contribution in [-0.4, -0.2) is 26.9 Å². The smallest absolute Gasteiger partial charge is 0.235 e. The van der Waals surface area contributed by atoms with Crippen LogP contribution < -0.4 is 15.8 Å². The van der Waals surface area contributed by atoms with Crippen LogP contribution in [0.15, 0.2) is 24.3 Å². The van der Waals surface area contributed by atoms with Crippen molar-refractivity contribution < 1.29 is 13.2 Å². The van der Waals surface area contributed by atoms with E-state index < -0.39 is 10.0 Å². The molecule has 6 nitrogen and oxygen atoms in total. The fraction of sp³-hybridized carbons (Fsp3) is 0.462. The molecule has 2 rings (SSSR count). The molecule has 1 saturated carbocycles. The van der Waals surface area contributed by atoms with Gasteiger partial charge in [0.1, 0.15) is 0 Å². The van der Waals surface area contributed by atoms with E-state index in [1.807, 2.05) is 0 Å². The summed E-state index contributed by atoms with van der Waals surface area (Å²) in [7, 11) is -3.51. The summed E-state index contributed by atoms with van der Waals surface area (Å²) >= 11 is 0. The maximum atomic E-state index is 11.8. The molecular weight excluding hydrogens is 278 g/mol. The Balaban J connectivity index is 1.84. The van der Waals surface area contributed by atoms with Gasteiger partial charge in [0.2, 0.25) is 15.9 Å². The van der Waals surface area contributed by atoms with Crippen LogP contribution in [0.25, 0.3) is 0 Å². The van der Waals surface area contributed by atoms with Crippen molar-refractivity contribution in [3.63, 3.8) is 0 Å². The zero-order valence-electron chi connectivity index (χ0n) is 11.1. The van der Waals surface area contributed by atoms with Crippen LogP contribution in [-0.2, 0) is 27.1 Å². The van der Waals surface area contributed by atoms with E-state index in [0.29, 0.717) is 12.1 Å². The van der Waals surface area contributed by atoms with E-state index in [4.69, 9.17) is 5.73 Å². The summed E-state index contributed by atoms with van der Waals surface area (Å²) in [4.78, 5) is 11.4. The second kappa shape index (κ2) is 6.34. The molecule has 1 amide bonds. The fourth-order valence-electron chi connectivity index (χ4n) is 1.72. The summed E-state index contributed by atoms with van der Waals surface area (Å²) in [6.07, 6.45) is 1.96. The Bertz CT molecular complexity index is 565. The molecule has 0 bridgehead atoms. The average molecular weight is 297 g/mol. The lowest BCUT2D eigenvalue weighted by Crippen LogP contribution is -2.38. The molecule has 0 aliphatic heterocycles. The van der Waals surface area contributed by atoms with E-state index in [1.165, 1.54) is 0 Å². The maximum Gasteiger partial charge on any atom is 0.235 e. The predicted molar refractivity (Wildman–Crippen MR) is 76.1 cm³/mol. The minimum absolute atomic E-state index is 0.144. The minimum atomic E-state index is -3.51. The van der Waals surface area contributed by atoms with Gasteiger partial charge in [-0.05, 0) is 24.0 Å². The van der Waals surface area contributed by atoms with E-state index in [2.05, 4.69) is 10.0 Å². The highest BCUT2D eigenvalue weighted by Crippen LogP contribution is 2.18. The predicted octanol–water partition coefficient (Wildman–Crippen LogP) is -0.157. The molecule has 0 radical (unpaired) electrons. The van der Waals surface area contributed by atoms with Gasteiger partial charge >= 0.3 is 0 Å². The molecule has 0 spiro atoms. The van der Waals surface area contributed by atoms with Gasteiger partial charge in [-0.15, -0.1) is 0 Å². The van der Waals surface area contributed by atoms with Crippen LogP contribution in [0, 0.1) is 0 Å². The van der Waals surface area contributed by atoms with Crippen molar-refractivity contribution in [3.8, 4) is 0 Å². The lowest BCUT2D eigenvalue weighted by molar-refractivity contribution is -0.120. The lowest BCUT2D eigenvalue weighted by atomic mass is 10.1. The number of hydrogen-bond donors (Lipinski definition) is 3. The standard InChI is InChI=1S/C13H19N3O3S/c14-7-10-1-3-11(4-2-10)9-20(18,19)15-8-13(17)16-12-5-6-12/h1-4,12,15H,5-9,14H2,(H,16,17). The normalized spacial score (nSPS) is 15.1. The largest absolute Gasteiger partial charge is 0.352 e. The molecule has 1 fully saturated rings. The first-order valence-electron chi connectivity index (χ1n) is 6.53. The third-order valence-electron chi connectivity index (χ3n) is 3.01. The number of rotatable bonds is 7. The highest BCUT2D eigenvalue weighted by Gasteiger charge is 2.23. The Kier molecular flexibility index (Phi) is 4.74. The van der Waals surface area contributed by atoms with Gasteiger partial charge in [-0.2, -0.15) is 0 Å². The molecule has 1 aliphatic rings. The molecule has 7 heteroatoms. The van der Waals surface area contributed by atoms with Gasteiger partial charge in [0.25, 0.3) is 0 Å². The summed E-state index contributed by atoms with van der Waals surface area (Å²) in [5.41, 5.74) is 7.09. The van der Waals surface area contributed by atoms with Gasteiger partial charge < -0.3 is 11.1 Å². The second-order valence-corrected chi connectivity index (χ2v) is 6.75. The van der Waals surface area contributed by atoms with Gasteiger partial charge in [-0.3, -0.25) is 4.79 Å². The third-order valence-corrected chi connectivity index (χ3v) is 4.31. The van der Waals surface area contributed by atoms with Gasteiger partial charge in [0, 0.05) is 12.6 Å². The van der Waals surface area contributed by atoms with E-state index >= 15 is 0 Å². The van der Waals surface area contributed by atoms with Crippen molar-refractivity contribution in [1.82, 2.24) is 10.0 Å². The second-order valence-electron chi connectivity index (χ2n) is 4.94. The summed E-state index contributed by atoms with van der Waals surface area (Å²) in [5, 5.41) is 2.73. The number of carbonyl (C=O) groups excluding carboxylic acids is 1. The van der Waals surface area contributed by atoms with Crippen LogP contribution >= 0.6 is 0 Å². The number of benzene rings is 1. The highest BCUT2D eigenvalue weighted by molar-refractivity contribution is 7.88. The molecule has 4 N–H and O–H groups in total. The average Bonchev–Trinajstić information content (AvgIpc) is 3.21. The van der Waals surface area contributed by atoms with Crippen molar-refractivity contribution in [1.29, 1.82) is 0 Å². The molecule has 1 aromatic carbocycles. The number of nitrogens with one attached hydrogen (secondary N) is 2. The van der Waals surface area contributed by atoms with Crippen molar-refractivity contribution >= 4 is 15.9 Å². The van der Waals surface area contributed by atoms with Crippen molar-refractivity contribution in [2.24, 2.45) is 5.73 Å². The quantitative estimate of drug-likeness (QED) is 0.651. The van der Waals surface area contributed by atoms with Crippen molar-refractivity contribution in [2.45, 2.75) is 31.2 Å². The first-order chi connectivity index (χ1) is 9.48. The number of carbonyl (C=O) groups is 1. The van der Waals surface area contributed by atoms with Gasteiger partial charge in [0.15, 0.2) is 0 Å². The lowest BCUT2D eigenvalue weighted by Gasteiger charge is -2.07. The zero-order chi connectivity index (χ0) is 14.6. The monoisotopic (exact) mass is 297 g/mol. The van der Waals surface area contributed by atoms with Crippen LogP contribution in [0.5, 0.6) is 0 Å². The molecule has 110 valence electrons. The summed E-state index contributed by atoms with van der Waals surface area (Å²) in [5.74, 6) is -0.427. The van der Waals surface area contributed by atoms with E-state index in [0.717, 1.165) is 18.4 Å². The van der Waals surface area contributed by atoms with E-state index in [9.17, 15) is 13.2 Å². The topological polar surface area (TPSA) is 101 Å². The van der Waals surface area contributed by atoms with Crippen LogP contribution in [0.4, 0.5) is 0 Å². The molecule has 0 heterocycles. The first-order valence-corrected chi connectivity index (χ1v) is 8.18. The molecule has 1 aromatic rings. The molecule has 0 saturated heterocycles. The number of hydrogen-bond acceptors (Lipinski definition) is 4. The van der Waals surface area contributed by atoms with Crippen LogP contribution in [0.2, 0.25) is 0 Å². The molecule has 0 aromatic heterocycles. The first kappa shape index (κ1) is 15.0. The van der Waals surface area contributed by atoms with Gasteiger partial charge in [0.05, 0.1) is 12.3 Å². The van der Waals surface area contributed by atoms with Gasteiger partial charge in [-0.25, -0.2) is 13.1 Å². The Labute approximate surface area is 118 Å². The van der Waals surface area contributed by atoms with E-state index in [1.54, 1.807) is 24.3 Å². The molecule has 0 atom stereocenters. The maximum absolute atomic E-state index is 11.8. The SMILES string of the molecule is NCc1ccc(CS(=O)(=O)NCC(=O)NC2CC2)cc1. The number of sulfonamides is 1. The Morgan fingerprint density at radius 1 is 1.20 bits per heavy atom. The third kappa shape index (κ3) is 4.92.